The molecule has 0 saturated heterocycles. The van der Waals surface area contributed by atoms with Crippen molar-refractivity contribution in [1.82, 2.24) is 0 Å². The Morgan fingerprint density at radius 3 is 2.63 bits per heavy atom. The summed E-state index contributed by atoms with van der Waals surface area (Å²) in [5.41, 5.74) is 6.26. The van der Waals surface area contributed by atoms with Crippen LogP contribution in [0.2, 0.25) is 0 Å². The number of anilines is 1. The highest BCUT2D eigenvalue weighted by atomic mass is 32.2. The molecule has 4 nitrogen and oxygen atoms in total. The SMILES string of the molecule is Nc1cccc(C(=O)CS(=O)(=O)c2c#cccc2)c1. The summed E-state index contributed by atoms with van der Waals surface area (Å²) in [7, 11) is -3.70. The van der Waals surface area contributed by atoms with E-state index in [0.717, 1.165) is 0 Å². The van der Waals surface area contributed by atoms with Crippen molar-refractivity contribution in [1.29, 1.82) is 0 Å². The van der Waals surface area contributed by atoms with Crippen molar-refractivity contribution in [2.45, 2.75) is 4.90 Å². The Morgan fingerprint density at radius 1 is 1.21 bits per heavy atom. The molecule has 0 atom stereocenters. The van der Waals surface area contributed by atoms with Crippen molar-refractivity contribution >= 4 is 21.3 Å². The fourth-order valence-corrected chi connectivity index (χ4v) is 2.73. The minimum absolute atomic E-state index is 0.0350. The van der Waals surface area contributed by atoms with E-state index < -0.39 is 21.4 Å². The maximum atomic E-state index is 12.0. The first kappa shape index (κ1) is 13.1. The predicted molar refractivity (Wildman–Crippen MR) is 71.4 cm³/mol. The number of hydrogen-bond acceptors (Lipinski definition) is 4. The molecule has 0 radical (unpaired) electrons. The minimum atomic E-state index is -3.70. The zero-order valence-electron chi connectivity index (χ0n) is 9.96. The van der Waals surface area contributed by atoms with Crippen LogP contribution in [0.15, 0.2) is 47.4 Å². The summed E-state index contributed by atoms with van der Waals surface area (Å²) in [6, 6.07) is 15.7. The number of sulfone groups is 1. The number of nitrogen functional groups attached to an aromatic ring is 1. The van der Waals surface area contributed by atoms with E-state index in [1.165, 1.54) is 24.3 Å². The van der Waals surface area contributed by atoms with E-state index in [-0.39, 0.29) is 10.5 Å². The van der Waals surface area contributed by atoms with Crippen molar-refractivity contribution in [3.05, 3.63) is 60.2 Å². The molecule has 0 heterocycles. The van der Waals surface area contributed by atoms with E-state index in [2.05, 4.69) is 12.1 Å². The molecule has 0 spiro atoms. The first-order valence-corrected chi connectivity index (χ1v) is 7.14. The second-order valence-electron chi connectivity index (χ2n) is 3.97. The largest absolute Gasteiger partial charge is 0.399 e. The van der Waals surface area contributed by atoms with E-state index in [0.29, 0.717) is 5.69 Å². The van der Waals surface area contributed by atoms with Gasteiger partial charge in [0.15, 0.2) is 15.6 Å². The lowest BCUT2D eigenvalue weighted by Gasteiger charge is -2.03. The van der Waals surface area contributed by atoms with E-state index in [4.69, 9.17) is 5.73 Å². The summed E-state index contributed by atoms with van der Waals surface area (Å²) in [6.45, 7) is 0. The van der Waals surface area contributed by atoms with Gasteiger partial charge in [-0.05, 0) is 30.3 Å². The van der Waals surface area contributed by atoms with Crippen molar-refractivity contribution < 1.29 is 13.2 Å². The number of nitrogens with two attached hydrogens (primary N) is 1. The number of carbonyl (C=O) groups is 1. The summed E-state index contributed by atoms with van der Waals surface area (Å²) < 4.78 is 24.0. The maximum Gasteiger partial charge on any atom is 0.193 e. The summed E-state index contributed by atoms with van der Waals surface area (Å²) in [6.07, 6.45) is 0. The van der Waals surface area contributed by atoms with E-state index in [9.17, 15) is 13.2 Å². The van der Waals surface area contributed by atoms with Gasteiger partial charge < -0.3 is 5.73 Å². The second-order valence-corrected chi connectivity index (χ2v) is 5.93. The normalized spacial score (nSPS) is 10.7. The highest BCUT2D eigenvalue weighted by molar-refractivity contribution is 7.92. The predicted octanol–water partition coefficient (Wildman–Crippen LogP) is 1.53. The Labute approximate surface area is 111 Å². The van der Waals surface area contributed by atoms with Crippen molar-refractivity contribution in [2.75, 3.05) is 11.5 Å². The Morgan fingerprint density at radius 2 is 2.00 bits per heavy atom. The molecule has 0 aliphatic carbocycles. The van der Waals surface area contributed by atoms with Crippen molar-refractivity contribution in [3.63, 3.8) is 0 Å². The number of ketones is 1. The highest BCUT2D eigenvalue weighted by Crippen LogP contribution is 2.12. The summed E-state index contributed by atoms with van der Waals surface area (Å²) in [5.74, 6) is -1.10. The average molecular weight is 273 g/mol. The number of rotatable bonds is 4. The van der Waals surface area contributed by atoms with Gasteiger partial charge in [0.25, 0.3) is 0 Å². The fraction of sp³-hybridized carbons (Fsp3) is 0.0714. The number of hydrogen-bond donors (Lipinski definition) is 1. The van der Waals surface area contributed by atoms with Gasteiger partial charge in [-0.1, -0.05) is 24.3 Å². The lowest BCUT2D eigenvalue weighted by atomic mass is 10.1. The van der Waals surface area contributed by atoms with E-state index in [1.54, 1.807) is 18.2 Å². The topological polar surface area (TPSA) is 77.2 Å². The molecule has 0 saturated carbocycles. The molecule has 0 bridgehead atoms. The molecule has 19 heavy (non-hydrogen) atoms. The summed E-state index contributed by atoms with van der Waals surface area (Å²) >= 11 is 0. The molecule has 5 heteroatoms. The van der Waals surface area contributed by atoms with Gasteiger partial charge in [0.2, 0.25) is 0 Å². The molecule has 0 aromatic heterocycles. The monoisotopic (exact) mass is 273 g/mol. The fourth-order valence-electron chi connectivity index (χ4n) is 1.57. The van der Waals surface area contributed by atoms with Crippen LogP contribution in [0.3, 0.4) is 0 Å². The molecular formula is C14H11NO3S. The molecule has 2 aromatic rings. The van der Waals surface area contributed by atoms with Gasteiger partial charge in [-0.25, -0.2) is 8.42 Å². The first-order valence-electron chi connectivity index (χ1n) is 5.49. The molecule has 0 amide bonds. The lowest BCUT2D eigenvalue weighted by Crippen LogP contribution is -2.16. The highest BCUT2D eigenvalue weighted by Gasteiger charge is 2.20. The van der Waals surface area contributed by atoms with Crippen LogP contribution in [-0.2, 0) is 9.84 Å². The molecule has 0 aliphatic heterocycles. The Hall–Kier alpha value is -2.32. The zero-order chi connectivity index (χ0) is 13.9. The molecular weight excluding hydrogens is 262 g/mol. The molecule has 0 unspecified atom stereocenters. The molecule has 0 aliphatic rings. The Bertz CT molecular complexity index is 694. The molecule has 2 N–H and O–H groups in total. The maximum absolute atomic E-state index is 12.0. The minimum Gasteiger partial charge on any atom is -0.399 e. The average Bonchev–Trinajstić information content (AvgIpc) is 2.39. The van der Waals surface area contributed by atoms with Gasteiger partial charge in [-0.2, -0.15) is 0 Å². The van der Waals surface area contributed by atoms with Crippen LogP contribution in [0.5, 0.6) is 0 Å². The number of carbonyl (C=O) groups excluding carboxylic acids is 1. The van der Waals surface area contributed by atoms with E-state index in [1.807, 2.05) is 0 Å². The number of benzene rings is 1. The third-order valence-electron chi connectivity index (χ3n) is 2.49. The lowest BCUT2D eigenvalue weighted by molar-refractivity contribution is 0.102. The Balaban J connectivity index is 2.24. The van der Waals surface area contributed by atoms with Gasteiger partial charge >= 0.3 is 0 Å². The molecule has 96 valence electrons. The standard InChI is InChI=1S/C14H11NO3S/c15-12-6-4-5-11(9-12)14(16)10-19(17,18)13-7-2-1-3-8-13/h1-2,4-7,9H,10,15H2. The first-order chi connectivity index (χ1) is 8.99. The van der Waals surface area contributed by atoms with Gasteiger partial charge in [-0.15, -0.1) is 0 Å². The van der Waals surface area contributed by atoms with Gasteiger partial charge in [-0.3, -0.25) is 4.79 Å². The van der Waals surface area contributed by atoms with E-state index >= 15 is 0 Å². The molecule has 2 aromatic carbocycles. The van der Waals surface area contributed by atoms with Crippen molar-refractivity contribution in [3.8, 4) is 0 Å². The van der Waals surface area contributed by atoms with Crippen LogP contribution in [0.1, 0.15) is 10.4 Å². The third-order valence-corrected chi connectivity index (χ3v) is 4.04. The molecule has 2 rings (SSSR count). The van der Waals surface area contributed by atoms with Gasteiger partial charge in [0.05, 0.1) is 0 Å². The zero-order valence-corrected chi connectivity index (χ0v) is 10.8. The van der Waals surface area contributed by atoms with Crippen LogP contribution >= 0.6 is 0 Å². The van der Waals surface area contributed by atoms with Crippen molar-refractivity contribution in [2.24, 2.45) is 0 Å². The van der Waals surface area contributed by atoms with Gasteiger partial charge in [0.1, 0.15) is 10.6 Å². The third kappa shape index (κ3) is 3.12. The summed E-state index contributed by atoms with van der Waals surface area (Å²) in [4.78, 5) is 11.9. The quantitative estimate of drug-likeness (QED) is 0.677. The smallest absolute Gasteiger partial charge is 0.193 e. The van der Waals surface area contributed by atoms with Gasteiger partial charge in [0, 0.05) is 11.3 Å². The van der Waals surface area contributed by atoms with Crippen LogP contribution < -0.4 is 5.73 Å². The summed E-state index contributed by atoms with van der Waals surface area (Å²) in [5, 5.41) is 0. The Kier molecular flexibility index (Phi) is 3.54. The van der Waals surface area contributed by atoms with Crippen LogP contribution in [0.25, 0.3) is 0 Å². The van der Waals surface area contributed by atoms with Crippen LogP contribution in [0.4, 0.5) is 5.69 Å². The molecule has 0 fully saturated rings. The second kappa shape index (κ2) is 5.12. The number of Topliss-reactive ketones (excluding diaryl/α,β-unsaturated/α-hetero) is 1. The van der Waals surface area contributed by atoms with Crippen LogP contribution in [0, 0.1) is 12.1 Å². The van der Waals surface area contributed by atoms with Crippen LogP contribution in [-0.4, -0.2) is 20.0 Å².